The third kappa shape index (κ3) is 9.51. The van der Waals surface area contributed by atoms with Crippen molar-refractivity contribution in [2.75, 3.05) is 6.54 Å². The molecule has 3 rings (SSSR count). The number of carbonyl (C=O) groups excluding carboxylic acids is 6. The lowest BCUT2D eigenvalue weighted by Gasteiger charge is -2.37. The fourth-order valence-corrected chi connectivity index (χ4v) is 6.77. The van der Waals surface area contributed by atoms with Gasteiger partial charge in [0.25, 0.3) is 0 Å². The van der Waals surface area contributed by atoms with E-state index in [1.165, 1.54) is 18.6 Å². The number of Topliss-reactive ketones (excluding diaryl/α,β-unsaturated/α-hetero) is 4. The van der Waals surface area contributed by atoms with Crippen LogP contribution in [0.4, 0.5) is 0 Å². The highest BCUT2D eigenvalue weighted by atomic mass is 16.2. The van der Waals surface area contributed by atoms with E-state index in [1.807, 2.05) is 67.5 Å². The van der Waals surface area contributed by atoms with Crippen molar-refractivity contribution in [1.82, 2.24) is 20.2 Å². The minimum atomic E-state index is -0.967. The van der Waals surface area contributed by atoms with Crippen molar-refractivity contribution in [3.63, 3.8) is 0 Å². The van der Waals surface area contributed by atoms with E-state index in [4.69, 9.17) is 0 Å². The van der Waals surface area contributed by atoms with Gasteiger partial charge >= 0.3 is 0 Å². The SMILES string of the molecule is CCCC(CC(=O)C1[C@H]2CC=C[C@H]2CN1C(=O)[C@@H](NC(=O)[C@H](CC(=O)c1cnccn1)C(C)C)C(C)(C)C)C(=O)C(=O)C[C@@H](C)CC. The van der Waals surface area contributed by atoms with E-state index >= 15 is 0 Å². The summed E-state index contributed by atoms with van der Waals surface area (Å²) in [5, 5.41) is 2.97. The number of ketones is 4. The van der Waals surface area contributed by atoms with Crippen LogP contribution in [0.3, 0.4) is 0 Å². The third-order valence-corrected chi connectivity index (χ3v) is 9.86. The van der Waals surface area contributed by atoms with E-state index in [1.54, 1.807) is 4.90 Å². The summed E-state index contributed by atoms with van der Waals surface area (Å²) in [6.07, 6.45) is 10.8. The predicted octanol–water partition coefficient (Wildman–Crippen LogP) is 5.21. The Morgan fingerprint density at radius 3 is 2.28 bits per heavy atom. The molecule has 2 unspecified atom stereocenters. The second-order valence-corrected chi connectivity index (χ2v) is 15.0. The van der Waals surface area contributed by atoms with Gasteiger partial charge in [0.15, 0.2) is 17.3 Å². The largest absolute Gasteiger partial charge is 0.344 e. The summed E-state index contributed by atoms with van der Waals surface area (Å²) in [7, 11) is 0. The quantitative estimate of drug-likeness (QED) is 0.138. The van der Waals surface area contributed by atoms with Crippen molar-refractivity contribution in [3.05, 3.63) is 36.4 Å². The molecule has 0 saturated carbocycles. The number of fused-ring (bicyclic) bond motifs is 1. The summed E-state index contributed by atoms with van der Waals surface area (Å²) < 4.78 is 0. The molecule has 1 aromatic rings. The first kappa shape index (κ1) is 37.9. The average Bonchev–Trinajstić information content (AvgIpc) is 3.62. The zero-order valence-corrected chi connectivity index (χ0v) is 29.5. The summed E-state index contributed by atoms with van der Waals surface area (Å²) >= 11 is 0. The molecule has 10 heteroatoms. The number of rotatable bonds is 17. The lowest BCUT2D eigenvalue weighted by molar-refractivity contribution is -0.146. The molecule has 2 aliphatic rings. The first-order chi connectivity index (χ1) is 22.1. The lowest BCUT2D eigenvalue weighted by atomic mass is 9.82. The van der Waals surface area contributed by atoms with Crippen LogP contribution in [-0.4, -0.2) is 68.4 Å². The highest BCUT2D eigenvalue weighted by Gasteiger charge is 2.51. The number of nitrogens with one attached hydrogen (secondary N) is 1. The number of amides is 2. The van der Waals surface area contributed by atoms with Crippen LogP contribution in [0.15, 0.2) is 30.7 Å². The Labute approximate surface area is 279 Å². The van der Waals surface area contributed by atoms with Gasteiger partial charge in [-0.2, -0.15) is 0 Å². The first-order valence-electron chi connectivity index (χ1n) is 17.3. The van der Waals surface area contributed by atoms with Gasteiger partial charge in [-0.3, -0.25) is 33.8 Å². The molecule has 47 heavy (non-hydrogen) atoms. The predicted molar refractivity (Wildman–Crippen MR) is 179 cm³/mol. The van der Waals surface area contributed by atoms with E-state index in [0.717, 1.165) is 6.42 Å². The summed E-state index contributed by atoms with van der Waals surface area (Å²) in [5.74, 6) is -3.90. The standard InChI is InChI=1S/C37H54N4O6/c1-9-12-24(33(45)31(44)17-23(5)10-2)18-30(43)32-26-14-11-13-25(26)21-41(32)36(47)34(37(6,7)8)40-35(46)27(22(3)4)19-29(42)28-20-38-15-16-39-28/h11,13,15-16,20,22-27,32,34H,9-10,12,14,17-19,21H2,1-8H3,(H,40,46)/t23-,24?,25-,26-,27+,32?,34+/m0/s1. The Morgan fingerprint density at radius 2 is 1.70 bits per heavy atom. The van der Waals surface area contributed by atoms with Gasteiger partial charge < -0.3 is 10.2 Å². The number of nitrogens with zero attached hydrogens (tertiary/aromatic N) is 3. The smallest absolute Gasteiger partial charge is 0.246 e. The zero-order valence-electron chi connectivity index (χ0n) is 29.5. The molecule has 1 fully saturated rings. The van der Waals surface area contributed by atoms with E-state index < -0.39 is 46.8 Å². The maximum absolute atomic E-state index is 14.4. The molecular formula is C37H54N4O6. The minimum absolute atomic E-state index is 0.00963. The van der Waals surface area contributed by atoms with Crippen molar-refractivity contribution in [2.24, 2.45) is 40.9 Å². The van der Waals surface area contributed by atoms with Crippen molar-refractivity contribution >= 4 is 34.9 Å². The maximum Gasteiger partial charge on any atom is 0.246 e. The first-order valence-corrected chi connectivity index (χ1v) is 17.3. The van der Waals surface area contributed by atoms with Crippen LogP contribution in [0, 0.1) is 40.9 Å². The molecule has 2 amide bonds. The number of hydrogen-bond acceptors (Lipinski definition) is 8. The van der Waals surface area contributed by atoms with Crippen LogP contribution in [-0.2, 0) is 24.0 Å². The Bertz CT molecular complexity index is 1330. The molecule has 2 heterocycles. The van der Waals surface area contributed by atoms with Gasteiger partial charge in [-0.15, -0.1) is 0 Å². The van der Waals surface area contributed by atoms with Gasteiger partial charge in [-0.05, 0) is 41.9 Å². The van der Waals surface area contributed by atoms with Gasteiger partial charge in [0.1, 0.15) is 11.7 Å². The molecule has 1 saturated heterocycles. The normalized spacial score (nSPS) is 21.6. The number of carbonyl (C=O) groups is 6. The monoisotopic (exact) mass is 650 g/mol. The Balaban J connectivity index is 1.85. The molecule has 0 spiro atoms. The Morgan fingerprint density at radius 1 is 1.00 bits per heavy atom. The summed E-state index contributed by atoms with van der Waals surface area (Å²) in [5.41, 5.74) is -0.540. The summed E-state index contributed by atoms with van der Waals surface area (Å²) in [6.45, 7) is 15.4. The van der Waals surface area contributed by atoms with Gasteiger partial charge in [-0.1, -0.05) is 80.4 Å². The van der Waals surface area contributed by atoms with Crippen LogP contribution in [0.25, 0.3) is 0 Å². The number of allylic oxidation sites excluding steroid dienone is 1. The Hall–Kier alpha value is -3.56. The van der Waals surface area contributed by atoms with Crippen LogP contribution in [0.1, 0.15) is 111 Å². The van der Waals surface area contributed by atoms with Crippen LogP contribution in [0.5, 0.6) is 0 Å². The molecular weight excluding hydrogens is 596 g/mol. The zero-order chi connectivity index (χ0) is 35.1. The molecule has 0 bridgehead atoms. The topological polar surface area (TPSA) is 143 Å². The van der Waals surface area contributed by atoms with Gasteiger partial charge in [0.2, 0.25) is 17.6 Å². The van der Waals surface area contributed by atoms with E-state index in [9.17, 15) is 28.8 Å². The van der Waals surface area contributed by atoms with E-state index in [0.29, 0.717) is 25.8 Å². The number of hydrogen-bond donors (Lipinski definition) is 1. The molecule has 7 atom stereocenters. The van der Waals surface area contributed by atoms with Crippen LogP contribution < -0.4 is 5.32 Å². The van der Waals surface area contributed by atoms with Gasteiger partial charge in [-0.25, -0.2) is 4.98 Å². The molecule has 0 aromatic carbocycles. The second kappa shape index (κ2) is 16.5. The van der Waals surface area contributed by atoms with Crippen molar-refractivity contribution in [2.45, 2.75) is 112 Å². The van der Waals surface area contributed by atoms with Crippen molar-refractivity contribution in [1.29, 1.82) is 0 Å². The lowest BCUT2D eigenvalue weighted by Crippen LogP contribution is -2.58. The second-order valence-electron chi connectivity index (χ2n) is 15.0. The van der Waals surface area contributed by atoms with Crippen molar-refractivity contribution < 1.29 is 28.8 Å². The van der Waals surface area contributed by atoms with Crippen molar-refractivity contribution in [3.8, 4) is 0 Å². The summed E-state index contributed by atoms with van der Waals surface area (Å²) in [6, 6.07) is -1.73. The van der Waals surface area contributed by atoms with Crippen LogP contribution in [0.2, 0.25) is 0 Å². The third-order valence-electron chi connectivity index (χ3n) is 9.86. The molecule has 1 aliphatic carbocycles. The fourth-order valence-electron chi connectivity index (χ4n) is 6.77. The highest BCUT2D eigenvalue weighted by Crippen LogP contribution is 2.41. The van der Waals surface area contributed by atoms with Crippen LogP contribution >= 0.6 is 0 Å². The van der Waals surface area contributed by atoms with E-state index in [-0.39, 0.29) is 66.1 Å². The molecule has 1 N–H and O–H groups in total. The minimum Gasteiger partial charge on any atom is -0.344 e. The molecule has 0 radical (unpaired) electrons. The molecule has 10 nitrogen and oxygen atoms in total. The molecule has 1 aromatic heterocycles. The highest BCUT2D eigenvalue weighted by molar-refractivity contribution is 6.38. The fraction of sp³-hybridized carbons (Fsp3) is 0.676. The Kier molecular flexibility index (Phi) is 13.3. The van der Waals surface area contributed by atoms with Gasteiger partial charge in [0, 0.05) is 50.0 Å². The average molecular weight is 651 g/mol. The maximum atomic E-state index is 14.4. The summed E-state index contributed by atoms with van der Waals surface area (Å²) in [4.78, 5) is 91.0. The molecule has 1 aliphatic heterocycles. The number of likely N-dealkylation sites (tertiary alicyclic amines) is 1. The van der Waals surface area contributed by atoms with E-state index in [2.05, 4.69) is 15.3 Å². The number of aromatic nitrogens is 2. The van der Waals surface area contributed by atoms with Gasteiger partial charge in [0.05, 0.1) is 12.2 Å². The molecule has 258 valence electrons.